The first-order valence-electron chi connectivity index (χ1n) is 13.2. The van der Waals surface area contributed by atoms with Crippen LogP contribution in [0.4, 0.5) is 5.95 Å². The van der Waals surface area contributed by atoms with Crippen molar-refractivity contribution in [2.45, 2.75) is 59.2 Å². The molecule has 1 aliphatic rings. The van der Waals surface area contributed by atoms with Crippen molar-refractivity contribution in [1.29, 1.82) is 0 Å². The van der Waals surface area contributed by atoms with Crippen LogP contribution in [0.3, 0.4) is 0 Å². The van der Waals surface area contributed by atoms with Gasteiger partial charge in [-0.2, -0.15) is 15.3 Å². The van der Waals surface area contributed by atoms with Gasteiger partial charge in [-0.1, -0.05) is 40.4 Å². The van der Waals surface area contributed by atoms with Crippen molar-refractivity contribution in [3.8, 4) is 16.9 Å². The smallest absolute Gasteiger partial charge is 0.245 e. The fourth-order valence-corrected chi connectivity index (χ4v) is 5.34. The summed E-state index contributed by atoms with van der Waals surface area (Å²) < 4.78 is 7.90. The highest BCUT2D eigenvalue weighted by atomic mass is 28.3. The van der Waals surface area contributed by atoms with Crippen molar-refractivity contribution in [3.05, 3.63) is 36.9 Å². The lowest BCUT2D eigenvalue weighted by Gasteiger charge is -2.40. The maximum atomic E-state index is 6.03. The van der Waals surface area contributed by atoms with Crippen molar-refractivity contribution in [2.24, 2.45) is 5.41 Å². The van der Waals surface area contributed by atoms with E-state index in [4.69, 9.17) is 9.72 Å². The molecule has 38 heavy (non-hydrogen) atoms. The molecular weight excluding hydrogens is 496 g/mol. The van der Waals surface area contributed by atoms with Crippen LogP contribution in [-0.4, -0.2) is 80.3 Å². The Balaban J connectivity index is 1.43. The lowest BCUT2D eigenvalue weighted by Crippen LogP contribution is -2.56. The van der Waals surface area contributed by atoms with Crippen LogP contribution < -0.4 is 10.2 Å². The van der Waals surface area contributed by atoms with Gasteiger partial charge in [-0.15, -0.1) is 15.0 Å². The van der Waals surface area contributed by atoms with Crippen molar-refractivity contribution in [3.63, 3.8) is 0 Å². The number of aromatic nitrogens is 8. The molecule has 5 rings (SSSR count). The Bertz CT molecular complexity index is 1360. The lowest BCUT2D eigenvalue weighted by molar-refractivity contribution is 0.0816. The third-order valence-electron chi connectivity index (χ3n) is 6.95. The average molecular weight is 535 g/mol. The van der Waals surface area contributed by atoms with E-state index in [1.54, 1.807) is 23.4 Å². The Hall–Kier alpha value is -3.22. The van der Waals surface area contributed by atoms with Crippen LogP contribution in [0.5, 0.6) is 0 Å². The summed E-state index contributed by atoms with van der Waals surface area (Å²) in [6, 6.07) is 5.45. The van der Waals surface area contributed by atoms with Gasteiger partial charge in [0.1, 0.15) is 18.1 Å². The molecule has 1 aromatic carbocycles. The zero-order valence-electron chi connectivity index (χ0n) is 23.2. The molecule has 1 unspecified atom stereocenters. The van der Waals surface area contributed by atoms with E-state index in [1.807, 2.05) is 23.0 Å². The Kier molecular flexibility index (Phi) is 7.29. The van der Waals surface area contributed by atoms with Crippen molar-refractivity contribution in [1.82, 2.24) is 45.3 Å². The molecular formula is C26H38N10OSi. The molecule has 0 radical (unpaired) electrons. The van der Waals surface area contributed by atoms with E-state index in [2.05, 4.69) is 76.1 Å². The molecule has 4 aromatic rings. The summed E-state index contributed by atoms with van der Waals surface area (Å²) in [7, 11) is -1.18. The summed E-state index contributed by atoms with van der Waals surface area (Å²) in [6.07, 6.45) is 6.98. The van der Waals surface area contributed by atoms with E-state index in [-0.39, 0.29) is 5.41 Å². The molecule has 202 valence electrons. The molecule has 4 heterocycles. The van der Waals surface area contributed by atoms with Gasteiger partial charge in [-0.05, 0) is 23.6 Å². The standard InChI is InChI=1S/C26H38N10OSi/c1-26(2,3)23-17-34(12-11-27-23)25-28-16-21(32-33-25)19-7-8-22(36-29-9-10-30-36)24-20(19)15-31-35(24)18-37-13-14-38(4,5)6/h7-10,15-16,23,27H,11-14,17-18H2,1-6H3. The zero-order valence-corrected chi connectivity index (χ0v) is 24.2. The summed E-state index contributed by atoms with van der Waals surface area (Å²) in [4.78, 5) is 8.53. The van der Waals surface area contributed by atoms with Crippen LogP contribution in [0.2, 0.25) is 25.7 Å². The van der Waals surface area contributed by atoms with Crippen LogP contribution in [-0.2, 0) is 11.5 Å². The number of benzene rings is 1. The summed E-state index contributed by atoms with van der Waals surface area (Å²) in [5.41, 5.74) is 3.46. The number of rotatable bonds is 8. The third kappa shape index (κ3) is 5.76. The summed E-state index contributed by atoms with van der Waals surface area (Å²) in [5.74, 6) is 0.657. The number of fused-ring (bicyclic) bond motifs is 1. The quantitative estimate of drug-likeness (QED) is 0.268. The lowest BCUT2D eigenvalue weighted by atomic mass is 9.85. The highest BCUT2D eigenvalue weighted by Crippen LogP contribution is 2.31. The third-order valence-corrected chi connectivity index (χ3v) is 8.66. The molecule has 11 nitrogen and oxygen atoms in total. The number of hydrogen-bond donors (Lipinski definition) is 1. The molecule has 1 N–H and O–H groups in total. The first kappa shape index (κ1) is 26.4. The molecule has 0 amide bonds. The number of anilines is 1. The highest BCUT2D eigenvalue weighted by Gasteiger charge is 2.30. The maximum absolute atomic E-state index is 6.03. The van der Waals surface area contributed by atoms with E-state index in [1.165, 1.54) is 0 Å². The Morgan fingerprint density at radius 1 is 1.05 bits per heavy atom. The fraction of sp³-hybridized carbons (Fsp3) is 0.538. The van der Waals surface area contributed by atoms with Crippen molar-refractivity contribution < 1.29 is 4.74 Å². The topological polar surface area (TPSA) is 112 Å². The monoisotopic (exact) mass is 534 g/mol. The molecule has 0 spiro atoms. The normalized spacial score (nSPS) is 16.9. The summed E-state index contributed by atoms with van der Waals surface area (Å²) in [6.45, 7) is 17.5. The van der Waals surface area contributed by atoms with Crippen LogP contribution in [0.25, 0.3) is 27.8 Å². The maximum Gasteiger partial charge on any atom is 0.245 e. The molecule has 1 aliphatic heterocycles. The number of piperazine rings is 1. The summed E-state index contributed by atoms with van der Waals surface area (Å²) in [5, 5.41) is 27.0. The molecule has 0 bridgehead atoms. The first-order valence-corrected chi connectivity index (χ1v) is 16.9. The SMILES string of the molecule is CC(C)(C)C1CN(c2ncc(-c3ccc(-n4nccn4)c4c3cnn4COCC[Si](C)(C)C)nn2)CCN1. The van der Waals surface area contributed by atoms with Crippen molar-refractivity contribution in [2.75, 3.05) is 31.1 Å². The van der Waals surface area contributed by atoms with E-state index in [9.17, 15) is 0 Å². The van der Waals surface area contributed by atoms with E-state index in [0.717, 1.165) is 47.8 Å². The Morgan fingerprint density at radius 2 is 1.84 bits per heavy atom. The summed E-state index contributed by atoms with van der Waals surface area (Å²) >= 11 is 0. The van der Waals surface area contributed by atoms with Gasteiger partial charge < -0.3 is 15.0 Å². The largest absolute Gasteiger partial charge is 0.360 e. The Morgan fingerprint density at radius 3 is 2.53 bits per heavy atom. The number of nitrogens with zero attached hydrogens (tertiary/aromatic N) is 9. The first-order chi connectivity index (χ1) is 18.1. The van der Waals surface area contributed by atoms with Gasteiger partial charge >= 0.3 is 0 Å². The van der Waals surface area contributed by atoms with Crippen LogP contribution in [0.1, 0.15) is 20.8 Å². The van der Waals surface area contributed by atoms with Gasteiger partial charge in [0.2, 0.25) is 5.95 Å². The molecule has 0 saturated carbocycles. The van der Waals surface area contributed by atoms with Crippen LogP contribution in [0.15, 0.2) is 36.9 Å². The second kappa shape index (κ2) is 10.5. The predicted molar refractivity (Wildman–Crippen MR) is 151 cm³/mol. The zero-order chi connectivity index (χ0) is 26.9. The molecule has 12 heteroatoms. The van der Waals surface area contributed by atoms with Gasteiger partial charge in [0, 0.05) is 51.3 Å². The number of nitrogens with one attached hydrogen (secondary N) is 1. The molecule has 3 aromatic heterocycles. The molecule has 1 saturated heterocycles. The van der Waals surface area contributed by atoms with Gasteiger partial charge in [-0.25, -0.2) is 9.67 Å². The minimum atomic E-state index is -1.18. The van der Waals surface area contributed by atoms with Crippen LogP contribution in [0, 0.1) is 5.41 Å². The minimum Gasteiger partial charge on any atom is -0.360 e. The molecule has 1 fully saturated rings. The second-order valence-corrected chi connectivity index (χ2v) is 17.8. The van der Waals surface area contributed by atoms with E-state index < -0.39 is 8.07 Å². The van der Waals surface area contributed by atoms with Gasteiger partial charge in [0.15, 0.2) is 0 Å². The predicted octanol–water partition coefficient (Wildman–Crippen LogP) is 3.61. The van der Waals surface area contributed by atoms with E-state index >= 15 is 0 Å². The fourth-order valence-electron chi connectivity index (χ4n) is 4.58. The van der Waals surface area contributed by atoms with Gasteiger partial charge in [-0.3, -0.25) is 0 Å². The minimum absolute atomic E-state index is 0.154. The van der Waals surface area contributed by atoms with E-state index in [0.29, 0.717) is 31.0 Å². The second-order valence-electron chi connectivity index (χ2n) is 12.2. The van der Waals surface area contributed by atoms with Gasteiger partial charge in [0.05, 0.1) is 30.3 Å². The Labute approximate surface area is 224 Å². The van der Waals surface area contributed by atoms with Crippen molar-refractivity contribution >= 4 is 24.9 Å². The number of ether oxygens (including phenoxy) is 1. The van der Waals surface area contributed by atoms with Crippen LogP contribution >= 0.6 is 0 Å². The average Bonchev–Trinajstić information content (AvgIpc) is 3.56. The molecule has 1 atom stereocenters. The van der Waals surface area contributed by atoms with Gasteiger partial charge in [0.25, 0.3) is 0 Å². The highest BCUT2D eigenvalue weighted by molar-refractivity contribution is 6.76. The number of hydrogen-bond acceptors (Lipinski definition) is 9. The molecule has 0 aliphatic carbocycles.